The summed E-state index contributed by atoms with van der Waals surface area (Å²) in [6.45, 7) is 3.61. The molecule has 2 amide bonds. The largest absolute Gasteiger partial charge is 0.494 e. The molecular formula is C28H32N2O5. The van der Waals surface area contributed by atoms with Crippen molar-refractivity contribution < 1.29 is 23.8 Å². The number of hydrogen-bond acceptors (Lipinski definition) is 5. The van der Waals surface area contributed by atoms with Crippen LogP contribution in [0.5, 0.6) is 17.2 Å². The van der Waals surface area contributed by atoms with Crippen LogP contribution in [0.1, 0.15) is 53.3 Å². The minimum Gasteiger partial charge on any atom is -0.494 e. The van der Waals surface area contributed by atoms with E-state index in [2.05, 4.69) is 17.8 Å². The third-order valence-corrected chi connectivity index (χ3v) is 5.15. The molecule has 0 aliphatic rings. The topological polar surface area (TPSA) is 85.9 Å². The third-order valence-electron chi connectivity index (χ3n) is 5.15. The molecule has 0 saturated carbocycles. The molecule has 7 nitrogen and oxygen atoms in total. The van der Waals surface area contributed by atoms with E-state index < -0.39 is 11.8 Å². The Kier molecular flexibility index (Phi) is 10.5. The van der Waals surface area contributed by atoms with Crippen molar-refractivity contribution in [2.45, 2.75) is 32.6 Å². The van der Waals surface area contributed by atoms with Gasteiger partial charge in [-0.05, 0) is 67.1 Å². The molecule has 0 atom stereocenters. The summed E-state index contributed by atoms with van der Waals surface area (Å²) in [6, 6.07) is 23.0. The van der Waals surface area contributed by atoms with E-state index in [0.717, 1.165) is 24.3 Å². The van der Waals surface area contributed by atoms with Gasteiger partial charge in [-0.2, -0.15) is 0 Å². The molecule has 0 bridgehead atoms. The fourth-order valence-corrected chi connectivity index (χ4v) is 3.22. The molecule has 0 spiro atoms. The summed E-state index contributed by atoms with van der Waals surface area (Å²) >= 11 is 0. The predicted octanol–water partition coefficient (Wildman–Crippen LogP) is 5.18. The molecule has 184 valence electrons. The maximum atomic E-state index is 12.3. The van der Waals surface area contributed by atoms with E-state index in [1.807, 2.05) is 30.3 Å². The summed E-state index contributed by atoms with van der Waals surface area (Å²) in [5.41, 5.74) is 5.67. The summed E-state index contributed by atoms with van der Waals surface area (Å²) in [5, 5.41) is 0. The van der Waals surface area contributed by atoms with Crippen LogP contribution in [-0.2, 0) is 0 Å². The Labute approximate surface area is 206 Å². The minimum atomic E-state index is -0.427. The number of unbranched alkanes of at least 4 members (excludes halogenated alkanes) is 3. The standard InChI is InChI=1S/C28H32N2O5/c1-2-3-4-8-19-33-25-15-11-22(12-16-25)27(31)29-30-28(32)23-13-17-26(18-14-23)35-21-20-34-24-9-6-5-7-10-24/h5-7,9-18H,2-4,8,19-21H2,1H3,(H,29,31)(H,30,32). The Morgan fingerprint density at radius 2 is 1.03 bits per heavy atom. The van der Waals surface area contributed by atoms with Crippen molar-refractivity contribution in [3.63, 3.8) is 0 Å². The van der Waals surface area contributed by atoms with Gasteiger partial charge in [-0.25, -0.2) is 0 Å². The van der Waals surface area contributed by atoms with Crippen LogP contribution in [0, 0.1) is 0 Å². The first-order valence-corrected chi connectivity index (χ1v) is 11.9. The number of nitrogens with one attached hydrogen (secondary N) is 2. The van der Waals surface area contributed by atoms with Crippen LogP contribution in [0.25, 0.3) is 0 Å². The molecule has 0 fully saturated rings. The summed E-state index contributed by atoms with van der Waals surface area (Å²) in [6.07, 6.45) is 4.55. The van der Waals surface area contributed by atoms with Gasteiger partial charge in [-0.1, -0.05) is 44.4 Å². The van der Waals surface area contributed by atoms with E-state index in [1.165, 1.54) is 12.8 Å². The number of carbonyl (C=O) groups excluding carboxylic acids is 2. The average molecular weight is 477 g/mol. The lowest BCUT2D eigenvalue weighted by Gasteiger charge is -2.10. The molecule has 0 aliphatic heterocycles. The Morgan fingerprint density at radius 3 is 1.51 bits per heavy atom. The second-order valence-corrected chi connectivity index (χ2v) is 7.88. The first-order valence-electron chi connectivity index (χ1n) is 11.9. The van der Waals surface area contributed by atoms with Gasteiger partial charge < -0.3 is 14.2 Å². The number of amides is 2. The van der Waals surface area contributed by atoms with E-state index in [4.69, 9.17) is 14.2 Å². The molecule has 0 unspecified atom stereocenters. The fourth-order valence-electron chi connectivity index (χ4n) is 3.22. The average Bonchev–Trinajstić information content (AvgIpc) is 2.91. The quantitative estimate of drug-likeness (QED) is 0.262. The summed E-state index contributed by atoms with van der Waals surface area (Å²) in [7, 11) is 0. The summed E-state index contributed by atoms with van der Waals surface area (Å²) in [4.78, 5) is 24.7. The number of ether oxygens (including phenoxy) is 3. The number of hydrazine groups is 1. The Hall–Kier alpha value is -4.00. The van der Waals surface area contributed by atoms with Gasteiger partial charge in [0, 0.05) is 11.1 Å². The number of rotatable bonds is 13. The molecule has 3 rings (SSSR count). The van der Waals surface area contributed by atoms with Crippen LogP contribution < -0.4 is 25.1 Å². The predicted molar refractivity (Wildman–Crippen MR) is 135 cm³/mol. The van der Waals surface area contributed by atoms with Gasteiger partial charge >= 0.3 is 0 Å². The highest BCUT2D eigenvalue weighted by Gasteiger charge is 2.10. The highest BCUT2D eigenvalue weighted by Crippen LogP contribution is 2.14. The molecule has 3 aromatic rings. The lowest BCUT2D eigenvalue weighted by molar-refractivity contribution is 0.0846. The van der Waals surface area contributed by atoms with Gasteiger partial charge in [0.1, 0.15) is 30.5 Å². The summed E-state index contributed by atoms with van der Waals surface area (Å²) < 4.78 is 16.9. The van der Waals surface area contributed by atoms with Crippen molar-refractivity contribution in [3.8, 4) is 17.2 Å². The maximum Gasteiger partial charge on any atom is 0.269 e. The lowest BCUT2D eigenvalue weighted by atomic mass is 10.2. The highest BCUT2D eigenvalue weighted by molar-refractivity contribution is 5.99. The van der Waals surface area contributed by atoms with Crippen molar-refractivity contribution in [1.29, 1.82) is 0 Å². The van der Waals surface area contributed by atoms with E-state index in [-0.39, 0.29) is 0 Å². The smallest absolute Gasteiger partial charge is 0.269 e. The highest BCUT2D eigenvalue weighted by atomic mass is 16.5. The lowest BCUT2D eigenvalue weighted by Crippen LogP contribution is -2.41. The van der Waals surface area contributed by atoms with Crippen molar-refractivity contribution in [2.24, 2.45) is 0 Å². The zero-order valence-electron chi connectivity index (χ0n) is 20.0. The van der Waals surface area contributed by atoms with Crippen molar-refractivity contribution in [1.82, 2.24) is 10.9 Å². The van der Waals surface area contributed by atoms with E-state index in [0.29, 0.717) is 36.7 Å². The Bertz CT molecular complexity index is 1040. The monoisotopic (exact) mass is 476 g/mol. The van der Waals surface area contributed by atoms with Crippen molar-refractivity contribution >= 4 is 11.8 Å². The fraction of sp³-hybridized carbons (Fsp3) is 0.286. The minimum absolute atomic E-state index is 0.374. The van der Waals surface area contributed by atoms with Crippen LogP contribution in [-0.4, -0.2) is 31.6 Å². The van der Waals surface area contributed by atoms with Gasteiger partial charge in [0.2, 0.25) is 0 Å². The molecule has 0 saturated heterocycles. The first kappa shape index (κ1) is 25.6. The first-order chi connectivity index (χ1) is 17.2. The molecular weight excluding hydrogens is 444 g/mol. The van der Waals surface area contributed by atoms with Crippen LogP contribution in [0.15, 0.2) is 78.9 Å². The molecule has 0 heterocycles. The zero-order valence-corrected chi connectivity index (χ0v) is 20.0. The van der Waals surface area contributed by atoms with Gasteiger partial charge in [-0.15, -0.1) is 0 Å². The van der Waals surface area contributed by atoms with E-state index in [1.54, 1.807) is 48.5 Å². The second kappa shape index (κ2) is 14.3. The molecule has 2 N–H and O–H groups in total. The number of carbonyl (C=O) groups is 2. The van der Waals surface area contributed by atoms with Crippen molar-refractivity contribution in [2.75, 3.05) is 19.8 Å². The van der Waals surface area contributed by atoms with Gasteiger partial charge in [0.25, 0.3) is 11.8 Å². The van der Waals surface area contributed by atoms with Crippen LogP contribution in [0.3, 0.4) is 0 Å². The summed E-state index contributed by atoms with van der Waals surface area (Å²) in [5.74, 6) is 1.29. The second-order valence-electron chi connectivity index (χ2n) is 7.88. The van der Waals surface area contributed by atoms with Gasteiger partial charge in [-0.3, -0.25) is 20.4 Å². The molecule has 0 aromatic heterocycles. The molecule has 3 aromatic carbocycles. The maximum absolute atomic E-state index is 12.3. The molecule has 0 radical (unpaired) electrons. The Morgan fingerprint density at radius 1 is 0.571 bits per heavy atom. The van der Waals surface area contributed by atoms with Gasteiger partial charge in [0.15, 0.2) is 0 Å². The number of hydrogen-bond donors (Lipinski definition) is 2. The zero-order chi connectivity index (χ0) is 24.7. The molecule has 0 aliphatic carbocycles. The van der Waals surface area contributed by atoms with E-state index in [9.17, 15) is 9.59 Å². The number of benzene rings is 3. The van der Waals surface area contributed by atoms with Crippen molar-refractivity contribution in [3.05, 3.63) is 90.0 Å². The SMILES string of the molecule is CCCCCCOc1ccc(C(=O)NNC(=O)c2ccc(OCCOc3ccccc3)cc2)cc1. The normalized spacial score (nSPS) is 10.3. The van der Waals surface area contributed by atoms with Crippen LogP contribution in [0.4, 0.5) is 0 Å². The van der Waals surface area contributed by atoms with Crippen LogP contribution >= 0.6 is 0 Å². The van der Waals surface area contributed by atoms with Gasteiger partial charge in [0.05, 0.1) is 6.61 Å². The molecule has 35 heavy (non-hydrogen) atoms. The van der Waals surface area contributed by atoms with E-state index >= 15 is 0 Å². The third kappa shape index (κ3) is 9.04. The molecule has 7 heteroatoms. The van der Waals surface area contributed by atoms with Crippen LogP contribution in [0.2, 0.25) is 0 Å². The Balaban J connectivity index is 1.36. The number of para-hydroxylation sites is 1.